The molecule has 8 heteroatoms. The number of nitrogens with one attached hydrogen (secondary N) is 3. The smallest absolute Gasteiger partial charge is 0.309 e. The van der Waals surface area contributed by atoms with Gasteiger partial charge < -0.3 is 10.6 Å². The normalized spacial score (nSPS) is 12.7. The van der Waals surface area contributed by atoms with E-state index in [0.717, 1.165) is 12.0 Å². The molecule has 0 aliphatic heterocycles. The van der Waals surface area contributed by atoms with Crippen LogP contribution in [0.3, 0.4) is 0 Å². The maximum absolute atomic E-state index is 12.0. The highest BCUT2D eigenvalue weighted by Crippen LogP contribution is 2.11. The van der Waals surface area contributed by atoms with Gasteiger partial charge in [-0.1, -0.05) is 19.1 Å². The second-order valence-electron chi connectivity index (χ2n) is 6.21. The Morgan fingerprint density at radius 3 is 2.16 bits per heavy atom. The molecule has 0 fully saturated rings. The van der Waals surface area contributed by atoms with Gasteiger partial charge in [0.15, 0.2) is 0 Å². The van der Waals surface area contributed by atoms with E-state index in [9.17, 15) is 18.0 Å². The van der Waals surface area contributed by atoms with E-state index in [2.05, 4.69) is 15.4 Å². The SMILES string of the molecule is CC[C@H](C)NC(=O)C(=O)NCCc1ccc(S(=O)(=O)NC(C)C)cc1. The summed E-state index contributed by atoms with van der Waals surface area (Å²) < 4.78 is 26.6. The van der Waals surface area contributed by atoms with Crippen LogP contribution in [-0.4, -0.2) is 38.9 Å². The first-order valence-corrected chi connectivity index (χ1v) is 9.84. The molecule has 0 bridgehead atoms. The summed E-state index contributed by atoms with van der Waals surface area (Å²) in [5.74, 6) is -1.31. The lowest BCUT2D eigenvalue weighted by Gasteiger charge is -2.11. The highest BCUT2D eigenvalue weighted by Gasteiger charge is 2.16. The third-order valence-electron chi connectivity index (χ3n) is 3.52. The van der Waals surface area contributed by atoms with Gasteiger partial charge in [0.1, 0.15) is 0 Å². The Morgan fingerprint density at radius 1 is 1.04 bits per heavy atom. The van der Waals surface area contributed by atoms with Crippen LogP contribution in [-0.2, 0) is 26.0 Å². The zero-order chi connectivity index (χ0) is 19.0. The van der Waals surface area contributed by atoms with Gasteiger partial charge in [-0.2, -0.15) is 0 Å². The zero-order valence-corrected chi connectivity index (χ0v) is 15.9. The van der Waals surface area contributed by atoms with Crippen LogP contribution in [0.2, 0.25) is 0 Å². The Hall–Kier alpha value is -1.93. The number of carbonyl (C=O) groups excluding carboxylic acids is 2. The molecule has 0 aliphatic carbocycles. The summed E-state index contributed by atoms with van der Waals surface area (Å²) in [5, 5.41) is 5.14. The quantitative estimate of drug-likeness (QED) is 0.593. The van der Waals surface area contributed by atoms with Crippen LogP contribution in [0.4, 0.5) is 0 Å². The van der Waals surface area contributed by atoms with Gasteiger partial charge in [0, 0.05) is 18.6 Å². The fourth-order valence-corrected chi connectivity index (χ4v) is 3.26. The van der Waals surface area contributed by atoms with Gasteiger partial charge in [0.25, 0.3) is 0 Å². The second kappa shape index (κ2) is 9.53. The van der Waals surface area contributed by atoms with Gasteiger partial charge in [0.05, 0.1) is 4.90 Å². The van der Waals surface area contributed by atoms with Crippen molar-refractivity contribution >= 4 is 21.8 Å². The Balaban J connectivity index is 2.51. The molecule has 3 N–H and O–H groups in total. The van der Waals surface area contributed by atoms with Crippen LogP contribution in [0.25, 0.3) is 0 Å². The number of hydrogen-bond donors (Lipinski definition) is 3. The molecule has 1 atom stereocenters. The molecule has 0 aromatic heterocycles. The standard InChI is InChI=1S/C17H27N3O4S/c1-5-13(4)19-17(22)16(21)18-11-10-14-6-8-15(9-7-14)25(23,24)20-12(2)3/h6-9,12-13,20H,5,10-11H2,1-4H3,(H,18,21)(H,19,22)/t13-/m0/s1. The number of sulfonamides is 1. The highest BCUT2D eigenvalue weighted by atomic mass is 32.2. The molecule has 140 valence electrons. The number of amides is 2. The summed E-state index contributed by atoms with van der Waals surface area (Å²) in [6.45, 7) is 7.56. The van der Waals surface area contributed by atoms with Gasteiger partial charge in [-0.3, -0.25) is 9.59 Å². The molecule has 0 radical (unpaired) electrons. The Kier molecular flexibility index (Phi) is 8.05. The summed E-state index contributed by atoms with van der Waals surface area (Å²) in [6, 6.07) is 6.21. The zero-order valence-electron chi connectivity index (χ0n) is 15.1. The first kappa shape index (κ1) is 21.1. The van der Waals surface area contributed by atoms with E-state index in [1.807, 2.05) is 13.8 Å². The van der Waals surface area contributed by atoms with Crippen molar-refractivity contribution in [3.8, 4) is 0 Å². The number of hydrogen-bond acceptors (Lipinski definition) is 4. The monoisotopic (exact) mass is 369 g/mol. The third kappa shape index (κ3) is 7.23. The fourth-order valence-electron chi connectivity index (χ4n) is 2.01. The summed E-state index contributed by atoms with van der Waals surface area (Å²) in [7, 11) is -3.51. The van der Waals surface area contributed by atoms with Gasteiger partial charge in [-0.15, -0.1) is 0 Å². The molecule has 0 saturated heterocycles. The molecule has 0 aliphatic rings. The van der Waals surface area contributed by atoms with E-state index < -0.39 is 21.8 Å². The largest absolute Gasteiger partial charge is 0.348 e. The van der Waals surface area contributed by atoms with Crippen LogP contribution in [0, 0.1) is 0 Å². The molecular weight excluding hydrogens is 342 g/mol. The van der Waals surface area contributed by atoms with Gasteiger partial charge in [0.2, 0.25) is 10.0 Å². The van der Waals surface area contributed by atoms with Crippen molar-refractivity contribution < 1.29 is 18.0 Å². The van der Waals surface area contributed by atoms with E-state index in [4.69, 9.17) is 0 Å². The Labute approximate surface area is 149 Å². The summed E-state index contributed by atoms with van der Waals surface area (Å²) >= 11 is 0. The second-order valence-corrected chi connectivity index (χ2v) is 7.92. The van der Waals surface area contributed by atoms with Crippen LogP contribution in [0.15, 0.2) is 29.2 Å². The first-order valence-electron chi connectivity index (χ1n) is 8.35. The number of benzene rings is 1. The highest BCUT2D eigenvalue weighted by molar-refractivity contribution is 7.89. The van der Waals surface area contributed by atoms with Gasteiger partial charge >= 0.3 is 11.8 Å². The van der Waals surface area contributed by atoms with E-state index in [0.29, 0.717) is 13.0 Å². The van der Waals surface area contributed by atoms with E-state index in [1.165, 1.54) is 12.1 Å². The topological polar surface area (TPSA) is 104 Å². The van der Waals surface area contributed by atoms with E-state index in [-0.39, 0.29) is 17.0 Å². The fraction of sp³-hybridized carbons (Fsp3) is 0.529. The lowest BCUT2D eigenvalue weighted by molar-refractivity contribution is -0.139. The lowest BCUT2D eigenvalue weighted by Crippen LogP contribution is -2.43. The molecule has 7 nitrogen and oxygen atoms in total. The predicted octanol–water partition coefficient (Wildman–Crippen LogP) is 0.947. The molecule has 1 rings (SSSR count). The number of rotatable bonds is 8. The van der Waals surface area contributed by atoms with Crippen LogP contribution in [0.5, 0.6) is 0 Å². The maximum Gasteiger partial charge on any atom is 0.309 e. The summed E-state index contributed by atoms with van der Waals surface area (Å²) in [6.07, 6.45) is 1.25. The Morgan fingerprint density at radius 2 is 1.64 bits per heavy atom. The minimum atomic E-state index is -3.51. The summed E-state index contributed by atoms with van der Waals surface area (Å²) in [5.41, 5.74) is 0.867. The van der Waals surface area contributed by atoms with Crippen molar-refractivity contribution in [3.63, 3.8) is 0 Å². The average Bonchev–Trinajstić information content (AvgIpc) is 2.53. The molecule has 0 unspecified atom stereocenters. The average molecular weight is 369 g/mol. The Bertz CT molecular complexity index is 684. The molecular formula is C17H27N3O4S. The minimum absolute atomic E-state index is 0.0489. The van der Waals surface area contributed by atoms with Crippen molar-refractivity contribution in [1.29, 1.82) is 0 Å². The molecule has 25 heavy (non-hydrogen) atoms. The molecule has 0 saturated carbocycles. The van der Waals surface area contributed by atoms with Crippen molar-refractivity contribution in [2.75, 3.05) is 6.54 Å². The summed E-state index contributed by atoms with van der Waals surface area (Å²) in [4.78, 5) is 23.5. The van der Waals surface area contributed by atoms with Crippen LogP contribution in [0.1, 0.15) is 39.7 Å². The van der Waals surface area contributed by atoms with Crippen LogP contribution >= 0.6 is 0 Å². The lowest BCUT2D eigenvalue weighted by atomic mass is 10.1. The predicted molar refractivity (Wildman–Crippen MR) is 96.5 cm³/mol. The molecule has 0 heterocycles. The molecule has 1 aromatic rings. The minimum Gasteiger partial charge on any atom is -0.348 e. The van der Waals surface area contributed by atoms with Gasteiger partial charge in [-0.05, 0) is 51.3 Å². The molecule has 1 aromatic carbocycles. The number of carbonyl (C=O) groups is 2. The van der Waals surface area contributed by atoms with Crippen molar-refractivity contribution in [1.82, 2.24) is 15.4 Å². The molecule has 2 amide bonds. The van der Waals surface area contributed by atoms with Crippen molar-refractivity contribution in [3.05, 3.63) is 29.8 Å². The maximum atomic E-state index is 12.0. The van der Waals surface area contributed by atoms with Crippen molar-refractivity contribution in [2.45, 2.75) is 57.5 Å². The van der Waals surface area contributed by atoms with Crippen LogP contribution < -0.4 is 15.4 Å². The van der Waals surface area contributed by atoms with E-state index >= 15 is 0 Å². The van der Waals surface area contributed by atoms with E-state index in [1.54, 1.807) is 26.0 Å². The molecule has 0 spiro atoms. The van der Waals surface area contributed by atoms with Crippen molar-refractivity contribution in [2.24, 2.45) is 0 Å². The van der Waals surface area contributed by atoms with Gasteiger partial charge in [-0.25, -0.2) is 13.1 Å². The first-order chi connectivity index (χ1) is 11.7. The third-order valence-corrected chi connectivity index (χ3v) is 5.19.